The monoisotopic (exact) mass is 566 g/mol. The second kappa shape index (κ2) is 16.5. The van der Waals surface area contributed by atoms with Crippen LogP contribution in [-0.2, 0) is 27.2 Å². The standard InChI is InChI=1S/C27H36N2O4.C2HF3O2/c28-16-6-4-10-22-12-14-25(15-13-22)33-20-24-18-23(19-26(30)31)27(32)29(24)17-7-5-11-21-8-2-1-3-9-21;3-2(4,5)1(6)7/h1-3,8-9,12-15,23-24H,4-7,10-11,16-20,28H2,(H,30,31);(H,6,7)/t23-,24-;/m0./s1. The quantitative estimate of drug-likeness (QED) is 0.283. The Morgan fingerprint density at radius 2 is 1.50 bits per heavy atom. The molecule has 1 fully saturated rings. The maximum absolute atomic E-state index is 12.9. The number of aryl methyl sites for hydroxylation is 2. The van der Waals surface area contributed by atoms with Crippen molar-refractivity contribution in [3.63, 3.8) is 0 Å². The number of aliphatic carboxylic acids is 2. The van der Waals surface area contributed by atoms with Gasteiger partial charge in [-0.15, -0.1) is 0 Å². The fourth-order valence-corrected chi connectivity index (χ4v) is 4.48. The Morgan fingerprint density at radius 1 is 0.925 bits per heavy atom. The van der Waals surface area contributed by atoms with E-state index in [4.69, 9.17) is 20.4 Å². The number of carbonyl (C=O) groups excluding carboxylic acids is 1. The highest BCUT2D eigenvalue weighted by molar-refractivity contribution is 5.85. The van der Waals surface area contributed by atoms with Crippen LogP contribution in [0, 0.1) is 5.92 Å². The average Bonchev–Trinajstić information content (AvgIpc) is 3.20. The van der Waals surface area contributed by atoms with Gasteiger partial charge in [0, 0.05) is 6.54 Å². The predicted molar refractivity (Wildman–Crippen MR) is 143 cm³/mol. The number of benzene rings is 2. The Bertz CT molecular complexity index is 1060. The summed E-state index contributed by atoms with van der Waals surface area (Å²) in [6.07, 6.45) is 1.26. The predicted octanol–water partition coefficient (Wildman–Crippen LogP) is 4.69. The van der Waals surface area contributed by atoms with Gasteiger partial charge < -0.3 is 25.6 Å². The molecule has 2 aromatic rings. The van der Waals surface area contributed by atoms with E-state index in [0.717, 1.165) is 44.3 Å². The first kappa shape index (κ1) is 32.6. The molecule has 0 bridgehead atoms. The first-order valence-electron chi connectivity index (χ1n) is 13.3. The molecule has 1 heterocycles. The van der Waals surface area contributed by atoms with E-state index < -0.39 is 24.0 Å². The molecule has 0 unspecified atom stereocenters. The van der Waals surface area contributed by atoms with Crippen LogP contribution >= 0.6 is 0 Å². The summed E-state index contributed by atoms with van der Waals surface area (Å²) in [4.78, 5) is 34.9. The molecule has 1 saturated heterocycles. The van der Waals surface area contributed by atoms with E-state index in [1.165, 1.54) is 11.1 Å². The second-order valence-corrected chi connectivity index (χ2v) is 9.66. The van der Waals surface area contributed by atoms with Crippen molar-refractivity contribution in [1.29, 1.82) is 0 Å². The van der Waals surface area contributed by atoms with Gasteiger partial charge in [0.1, 0.15) is 12.4 Å². The van der Waals surface area contributed by atoms with Gasteiger partial charge in [0.05, 0.1) is 18.4 Å². The number of likely N-dealkylation sites (tertiary alicyclic amines) is 1. The second-order valence-electron chi connectivity index (χ2n) is 9.66. The molecule has 220 valence electrons. The lowest BCUT2D eigenvalue weighted by Crippen LogP contribution is -2.38. The van der Waals surface area contributed by atoms with Crippen LogP contribution in [0.2, 0.25) is 0 Å². The van der Waals surface area contributed by atoms with E-state index in [0.29, 0.717) is 26.1 Å². The summed E-state index contributed by atoms with van der Waals surface area (Å²) in [6.45, 7) is 1.73. The molecule has 1 amide bonds. The van der Waals surface area contributed by atoms with Gasteiger partial charge in [-0.05, 0) is 74.8 Å². The van der Waals surface area contributed by atoms with E-state index >= 15 is 0 Å². The van der Waals surface area contributed by atoms with Crippen molar-refractivity contribution in [3.8, 4) is 5.75 Å². The minimum Gasteiger partial charge on any atom is -0.491 e. The number of ether oxygens (including phenoxy) is 1. The molecule has 0 aromatic heterocycles. The van der Waals surface area contributed by atoms with E-state index in [1.54, 1.807) is 0 Å². The van der Waals surface area contributed by atoms with Gasteiger partial charge in [-0.3, -0.25) is 9.59 Å². The van der Waals surface area contributed by atoms with Crippen LogP contribution in [0.1, 0.15) is 49.7 Å². The molecule has 11 heteroatoms. The molecule has 0 spiro atoms. The van der Waals surface area contributed by atoms with Crippen LogP contribution in [0.4, 0.5) is 13.2 Å². The lowest BCUT2D eigenvalue weighted by molar-refractivity contribution is -0.192. The van der Waals surface area contributed by atoms with Gasteiger partial charge in [-0.25, -0.2) is 4.79 Å². The van der Waals surface area contributed by atoms with Crippen LogP contribution in [0.5, 0.6) is 5.75 Å². The number of carboxylic acid groups (broad SMARTS) is 2. The SMILES string of the molecule is NCCCCc1ccc(OC[C@@H]2C[C@@H](CC(=O)O)C(=O)N2CCCCc2ccccc2)cc1.O=C(O)C(F)(F)F. The van der Waals surface area contributed by atoms with Crippen molar-refractivity contribution < 1.29 is 42.5 Å². The third kappa shape index (κ3) is 11.6. The zero-order valence-corrected chi connectivity index (χ0v) is 22.3. The molecule has 40 heavy (non-hydrogen) atoms. The Labute approximate surface area is 231 Å². The van der Waals surface area contributed by atoms with Crippen molar-refractivity contribution in [2.24, 2.45) is 11.7 Å². The summed E-state index contributed by atoms with van der Waals surface area (Å²) in [5.41, 5.74) is 8.11. The highest BCUT2D eigenvalue weighted by Gasteiger charge is 2.40. The largest absolute Gasteiger partial charge is 0.491 e. The zero-order valence-electron chi connectivity index (χ0n) is 22.3. The van der Waals surface area contributed by atoms with Crippen molar-refractivity contribution in [2.75, 3.05) is 19.7 Å². The van der Waals surface area contributed by atoms with Crippen LogP contribution in [0.15, 0.2) is 54.6 Å². The van der Waals surface area contributed by atoms with Crippen molar-refractivity contribution in [1.82, 2.24) is 4.90 Å². The summed E-state index contributed by atoms with van der Waals surface area (Å²) in [5, 5.41) is 16.3. The van der Waals surface area contributed by atoms with E-state index in [-0.39, 0.29) is 18.4 Å². The molecule has 2 aromatic carbocycles. The van der Waals surface area contributed by atoms with E-state index in [2.05, 4.69) is 24.3 Å². The van der Waals surface area contributed by atoms with Crippen LogP contribution in [-0.4, -0.2) is 64.9 Å². The maximum Gasteiger partial charge on any atom is 0.490 e. The minimum atomic E-state index is -5.08. The van der Waals surface area contributed by atoms with Crippen LogP contribution < -0.4 is 10.5 Å². The summed E-state index contributed by atoms with van der Waals surface area (Å²) in [7, 11) is 0. The Morgan fingerprint density at radius 3 is 2.05 bits per heavy atom. The summed E-state index contributed by atoms with van der Waals surface area (Å²) in [5.74, 6) is -3.43. The lowest BCUT2D eigenvalue weighted by atomic mass is 10.0. The van der Waals surface area contributed by atoms with Gasteiger partial charge in [0.15, 0.2) is 0 Å². The third-order valence-corrected chi connectivity index (χ3v) is 6.54. The molecular formula is C29H37F3N2O6. The maximum atomic E-state index is 12.9. The van der Waals surface area contributed by atoms with Gasteiger partial charge in [-0.1, -0.05) is 42.5 Å². The molecule has 3 rings (SSSR count). The highest BCUT2D eigenvalue weighted by atomic mass is 19.4. The molecular weight excluding hydrogens is 529 g/mol. The Kier molecular flexibility index (Phi) is 13.4. The van der Waals surface area contributed by atoms with Gasteiger partial charge in [0.2, 0.25) is 5.91 Å². The number of nitrogens with two attached hydrogens (primary N) is 1. The molecule has 0 saturated carbocycles. The van der Waals surface area contributed by atoms with Gasteiger partial charge >= 0.3 is 18.1 Å². The van der Waals surface area contributed by atoms with Crippen molar-refractivity contribution in [2.45, 2.75) is 63.6 Å². The fraction of sp³-hybridized carbons (Fsp3) is 0.483. The van der Waals surface area contributed by atoms with Crippen LogP contribution in [0.3, 0.4) is 0 Å². The number of amides is 1. The molecule has 2 atom stereocenters. The molecule has 1 aliphatic rings. The number of alkyl halides is 3. The number of carbonyl (C=O) groups is 3. The first-order valence-corrected chi connectivity index (χ1v) is 13.3. The van der Waals surface area contributed by atoms with Gasteiger partial charge in [-0.2, -0.15) is 13.2 Å². The molecule has 4 N–H and O–H groups in total. The molecule has 8 nitrogen and oxygen atoms in total. The number of carboxylic acids is 2. The molecule has 0 aliphatic carbocycles. The number of hydrogen-bond acceptors (Lipinski definition) is 5. The smallest absolute Gasteiger partial charge is 0.490 e. The summed E-state index contributed by atoms with van der Waals surface area (Å²) in [6, 6.07) is 18.3. The topological polar surface area (TPSA) is 130 Å². The zero-order chi connectivity index (χ0) is 29.5. The molecule has 1 aliphatic heterocycles. The number of rotatable bonds is 14. The average molecular weight is 567 g/mol. The number of halogens is 3. The number of nitrogens with zero attached hydrogens (tertiary/aromatic N) is 1. The third-order valence-electron chi connectivity index (χ3n) is 6.54. The van der Waals surface area contributed by atoms with Gasteiger partial charge in [0.25, 0.3) is 0 Å². The summed E-state index contributed by atoms with van der Waals surface area (Å²) < 4.78 is 37.8. The Hall–Kier alpha value is -3.60. The van der Waals surface area contributed by atoms with Crippen molar-refractivity contribution in [3.05, 3.63) is 65.7 Å². The first-order chi connectivity index (χ1) is 19.0. The number of hydrogen-bond donors (Lipinski definition) is 3. The Balaban J connectivity index is 0.000000708. The van der Waals surface area contributed by atoms with E-state index in [1.807, 2.05) is 35.2 Å². The lowest BCUT2D eigenvalue weighted by Gasteiger charge is -2.25. The highest BCUT2D eigenvalue weighted by Crippen LogP contribution is 2.29. The van der Waals surface area contributed by atoms with Crippen LogP contribution in [0.25, 0.3) is 0 Å². The number of unbranched alkanes of at least 4 members (excludes halogenated alkanes) is 2. The van der Waals surface area contributed by atoms with Crippen molar-refractivity contribution >= 4 is 17.8 Å². The summed E-state index contributed by atoms with van der Waals surface area (Å²) >= 11 is 0. The minimum absolute atomic E-state index is 0.0547. The van der Waals surface area contributed by atoms with E-state index in [9.17, 15) is 27.9 Å². The fourth-order valence-electron chi connectivity index (χ4n) is 4.48. The normalized spacial score (nSPS) is 16.8. The molecule has 0 radical (unpaired) electrons.